The minimum absolute atomic E-state index is 0.757. The molecule has 0 aliphatic carbocycles. The summed E-state index contributed by atoms with van der Waals surface area (Å²) in [5.74, 6) is 0. The number of hydrogen-bond donors (Lipinski definition) is 0. The van der Waals surface area contributed by atoms with E-state index in [0.29, 0.717) is 0 Å². The Morgan fingerprint density at radius 2 is 1.32 bits per heavy atom. The van der Waals surface area contributed by atoms with Crippen molar-refractivity contribution in [3.63, 3.8) is 0 Å². The largest absolute Gasteiger partial charge is 0.373 e. The van der Waals surface area contributed by atoms with Gasteiger partial charge in [0, 0.05) is 0 Å². The van der Waals surface area contributed by atoms with Crippen molar-refractivity contribution in [3.05, 3.63) is 37.4 Å². The van der Waals surface area contributed by atoms with Crippen molar-refractivity contribution in [1.82, 2.24) is 9.13 Å². The molecule has 0 saturated heterocycles. The van der Waals surface area contributed by atoms with Gasteiger partial charge in [-0.05, 0) is 13.8 Å². The van der Waals surface area contributed by atoms with Crippen LogP contribution in [-0.2, 0) is 30.9 Å². The Kier molecular flexibility index (Phi) is 5.15. The molecule has 0 saturated carbocycles. The van der Waals surface area contributed by atoms with Gasteiger partial charge < -0.3 is 4.74 Å². The van der Waals surface area contributed by atoms with E-state index < -0.39 is 0 Å². The Bertz CT molecular complexity index is 445. The predicted molar refractivity (Wildman–Crippen MR) is 71.4 cm³/mol. The molecular weight excluding hydrogens is 240 g/mol. The first kappa shape index (κ1) is 13.8. The summed E-state index contributed by atoms with van der Waals surface area (Å²) in [6.07, 6.45) is 12.6. The van der Waals surface area contributed by atoms with E-state index in [2.05, 4.69) is 69.6 Å². The molecule has 104 valence electrons. The lowest BCUT2D eigenvalue weighted by Crippen LogP contribution is -2.36. The molecule has 0 unspecified atom stereocenters. The average Bonchev–Trinajstić information content (AvgIpc) is 3.06. The molecule has 0 fully saturated rings. The fourth-order valence-corrected chi connectivity index (χ4v) is 1.96. The van der Waals surface area contributed by atoms with Crippen LogP contribution in [0.2, 0.25) is 0 Å². The summed E-state index contributed by atoms with van der Waals surface area (Å²) in [4.78, 5) is 0. The molecule has 2 aromatic rings. The molecule has 2 rings (SSSR count). The van der Waals surface area contributed by atoms with E-state index in [1.807, 2.05) is 0 Å². The fourth-order valence-electron chi connectivity index (χ4n) is 1.96. The molecule has 2 aromatic heterocycles. The van der Waals surface area contributed by atoms with Crippen LogP contribution in [0, 0.1) is 0 Å². The third-order valence-electron chi connectivity index (χ3n) is 3.21. The maximum Gasteiger partial charge on any atom is 0.243 e. The second-order valence-corrected chi connectivity index (χ2v) is 4.58. The monoisotopic (exact) mass is 264 g/mol. The van der Waals surface area contributed by atoms with Crippen LogP contribution in [-0.4, -0.2) is 22.3 Å². The molecular formula is C14H24N4O+2. The van der Waals surface area contributed by atoms with E-state index in [4.69, 9.17) is 4.74 Å². The van der Waals surface area contributed by atoms with Crippen molar-refractivity contribution in [1.29, 1.82) is 0 Å². The number of rotatable bonds is 8. The highest BCUT2D eigenvalue weighted by Gasteiger charge is 2.03. The van der Waals surface area contributed by atoms with Crippen LogP contribution < -0.4 is 9.13 Å². The van der Waals surface area contributed by atoms with E-state index in [1.54, 1.807) is 0 Å². The Balaban J connectivity index is 1.61. The molecule has 0 spiro atoms. The normalized spacial score (nSPS) is 11.1. The fraction of sp³-hybridized carbons (Fsp3) is 0.571. The highest BCUT2D eigenvalue weighted by Crippen LogP contribution is 1.85. The second kappa shape index (κ2) is 7.09. The lowest BCUT2D eigenvalue weighted by molar-refractivity contribution is -0.704. The Morgan fingerprint density at radius 1 is 0.842 bits per heavy atom. The number of aryl methyl sites for hydroxylation is 2. The van der Waals surface area contributed by atoms with Crippen LogP contribution >= 0.6 is 0 Å². The van der Waals surface area contributed by atoms with Crippen molar-refractivity contribution in [2.24, 2.45) is 0 Å². The summed E-state index contributed by atoms with van der Waals surface area (Å²) in [5.41, 5.74) is 0. The number of hydrogen-bond acceptors (Lipinski definition) is 1. The summed E-state index contributed by atoms with van der Waals surface area (Å²) in [6.45, 7) is 9.64. The number of aromatic nitrogens is 4. The topological polar surface area (TPSA) is 26.8 Å². The van der Waals surface area contributed by atoms with Crippen LogP contribution in [0.5, 0.6) is 0 Å². The van der Waals surface area contributed by atoms with E-state index in [1.165, 1.54) is 0 Å². The molecule has 0 atom stereocenters. The maximum atomic E-state index is 5.67. The lowest BCUT2D eigenvalue weighted by atomic mass is 10.6. The molecule has 19 heavy (non-hydrogen) atoms. The first-order valence-corrected chi connectivity index (χ1v) is 6.99. The standard InChI is InChI=1S/C14H24N4O/c1-3-15-5-7-17(13-15)9-11-19-12-10-18-8-6-16(4-2)14-18/h5-8,13-14H,3-4,9-12H2,1-2H3/q+2. The van der Waals surface area contributed by atoms with Crippen LogP contribution in [0.1, 0.15) is 13.8 Å². The number of ether oxygens (including phenoxy) is 1. The van der Waals surface area contributed by atoms with Crippen molar-refractivity contribution in [3.8, 4) is 0 Å². The molecule has 0 radical (unpaired) electrons. The second-order valence-electron chi connectivity index (χ2n) is 4.58. The molecule has 0 bridgehead atoms. The van der Waals surface area contributed by atoms with Crippen LogP contribution in [0.15, 0.2) is 37.4 Å². The number of imidazole rings is 2. The zero-order valence-corrected chi connectivity index (χ0v) is 11.9. The number of nitrogens with zero attached hydrogens (tertiary/aromatic N) is 4. The summed E-state index contributed by atoms with van der Waals surface area (Å²) < 4.78 is 14.3. The third-order valence-corrected chi connectivity index (χ3v) is 3.21. The Hall–Kier alpha value is -1.62. The summed E-state index contributed by atoms with van der Waals surface area (Å²) in [7, 11) is 0. The van der Waals surface area contributed by atoms with Gasteiger partial charge in [-0.1, -0.05) is 0 Å². The summed E-state index contributed by atoms with van der Waals surface area (Å²) in [6, 6.07) is 0. The lowest BCUT2D eigenvalue weighted by Gasteiger charge is -2.00. The van der Waals surface area contributed by atoms with E-state index in [0.717, 1.165) is 39.4 Å². The summed E-state index contributed by atoms with van der Waals surface area (Å²) in [5, 5.41) is 0. The van der Waals surface area contributed by atoms with Gasteiger partial charge in [-0.15, -0.1) is 0 Å². The van der Waals surface area contributed by atoms with E-state index >= 15 is 0 Å². The SMILES string of the molecule is CCn1cc[n+](CCOCC[n+]2ccn(CC)c2)c1. The third kappa shape index (κ3) is 4.21. The minimum atomic E-state index is 0.757. The zero-order valence-electron chi connectivity index (χ0n) is 11.9. The van der Waals surface area contributed by atoms with Gasteiger partial charge in [-0.3, -0.25) is 0 Å². The predicted octanol–water partition coefficient (Wildman–Crippen LogP) is 0.621. The molecule has 0 aliphatic heterocycles. The van der Waals surface area contributed by atoms with Crippen LogP contribution in [0.25, 0.3) is 0 Å². The minimum Gasteiger partial charge on any atom is -0.373 e. The Labute approximate surface area is 114 Å². The van der Waals surface area contributed by atoms with E-state index in [-0.39, 0.29) is 0 Å². The highest BCUT2D eigenvalue weighted by atomic mass is 16.5. The van der Waals surface area contributed by atoms with Crippen LogP contribution in [0.3, 0.4) is 0 Å². The van der Waals surface area contributed by atoms with Gasteiger partial charge in [0.2, 0.25) is 12.7 Å². The quantitative estimate of drug-likeness (QED) is 0.507. The smallest absolute Gasteiger partial charge is 0.243 e. The first-order valence-electron chi connectivity index (χ1n) is 6.99. The van der Waals surface area contributed by atoms with Gasteiger partial charge >= 0.3 is 0 Å². The van der Waals surface area contributed by atoms with Crippen molar-refractivity contribution >= 4 is 0 Å². The van der Waals surface area contributed by atoms with Gasteiger partial charge in [-0.2, -0.15) is 0 Å². The molecule has 0 amide bonds. The molecule has 0 aliphatic rings. The van der Waals surface area contributed by atoms with Gasteiger partial charge in [0.05, 0.1) is 26.3 Å². The molecule has 0 N–H and O–H groups in total. The van der Waals surface area contributed by atoms with Crippen LogP contribution in [0.4, 0.5) is 0 Å². The highest BCUT2D eigenvalue weighted by molar-refractivity contribution is 4.65. The van der Waals surface area contributed by atoms with Crippen molar-refractivity contribution < 1.29 is 13.9 Å². The van der Waals surface area contributed by atoms with Gasteiger partial charge in [0.15, 0.2) is 0 Å². The molecule has 0 aromatic carbocycles. The van der Waals surface area contributed by atoms with Crippen molar-refractivity contribution in [2.75, 3.05) is 13.2 Å². The van der Waals surface area contributed by atoms with Crippen molar-refractivity contribution in [2.45, 2.75) is 40.0 Å². The zero-order chi connectivity index (χ0) is 13.5. The maximum absolute atomic E-state index is 5.67. The van der Waals surface area contributed by atoms with Gasteiger partial charge in [0.1, 0.15) is 37.9 Å². The molecule has 5 heteroatoms. The summed E-state index contributed by atoms with van der Waals surface area (Å²) >= 11 is 0. The van der Waals surface area contributed by atoms with Gasteiger partial charge in [0.25, 0.3) is 0 Å². The van der Waals surface area contributed by atoms with E-state index in [9.17, 15) is 0 Å². The Morgan fingerprint density at radius 3 is 1.68 bits per heavy atom. The average molecular weight is 264 g/mol. The first-order chi connectivity index (χ1) is 9.31. The van der Waals surface area contributed by atoms with Gasteiger partial charge in [-0.25, -0.2) is 18.3 Å². The molecule has 2 heterocycles. The molecule has 5 nitrogen and oxygen atoms in total.